The summed E-state index contributed by atoms with van der Waals surface area (Å²) in [6.07, 6.45) is 0. The van der Waals surface area contributed by atoms with E-state index in [4.69, 9.17) is 4.42 Å². The van der Waals surface area contributed by atoms with Gasteiger partial charge in [-0.05, 0) is 6.07 Å². The molecule has 1 aromatic carbocycles. The fourth-order valence-electron chi connectivity index (χ4n) is 2.18. The third-order valence-corrected chi connectivity index (χ3v) is 3.24. The molecule has 1 fully saturated rings. The third-order valence-electron chi connectivity index (χ3n) is 3.24. The summed E-state index contributed by atoms with van der Waals surface area (Å²) in [5.74, 6) is -4.03. The van der Waals surface area contributed by atoms with Crippen molar-refractivity contribution in [2.75, 3.05) is 0 Å². The molecule has 1 saturated heterocycles. The molecule has 1 aliphatic rings. The van der Waals surface area contributed by atoms with E-state index in [9.17, 15) is 29.4 Å². The summed E-state index contributed by atoms with van der Waals surface area (Å²) in [6.45, 7) is 0. The fraction of sp³-hybridized carbons (Fsp3) is 0.0769. The van der Waals surface area contributed by atoms with Crippen LogP contribution >= 0.6 is 0 Å². The maximum absolute atomic E-state index is 12.4. The minimum absolute atomic E-state index is 0.0578. The zero-order valence-corrected chi connectivity index (χ0v) is 10.7. The van der Waals surface area contributed by atoms with Crippen molar-refractivity contribution in [2.45, 2.75) is 5.60 Å². The van der Waals surface area contributed by atoms with Gasteiger partial charge in [-0.25, -0.2) is 9.59 Å². The fourth-order valence-corrected chi connectivity index (χ4v) is 2.18. The van der Waals surface area contributed by atoms with E-state index < -0.39 is 40.4 Å². The SMILES string of the molecule is O=C1NC(=O)C(O)(c2c([O-])c3ccccc3oc2=O)C(=O)N1. The van der Waals surface area contributed by atoms with E-state index in [1.54, 1.807) is 10.6 Å². The predicted molar refractivity (Wildman–Crippen MR) is 67.5 cm³/mol. The van der Waals surface area contributed by atoms with Crippen LogP contribution in [-0.4, -0.2) is 23.0 Å². The number of hydrogen-bond donors (Lipinski definition) is 3. The molecule has 1 aliphatic heterocycles. The number of barbiturate groups is 1. The standard InChI is InChI=1S/C13H8N2O7/c16-8-5-3-1-2-4-6(5)22-9(17)7(8)13(21)10(18)14-12(20)15-11(13)19/h1-4,16,21H,(H2,14,15,18,19,20)/p-1. The summed E-state index contributed by atoms with van der Waals surface area (Å²) >= 11 is 0. The largest absolute Gasteiger partial charge is 0.872 e. The van der Waals surface area contributed by atoms with Gasteiger partial charge >= 0.3 is 11.7 Å². The average Bonchev–Trinajstić information content (AvgIpc) is 2.45. The predicted octanol–water partition coefficient (Wildman–Crippen LogP) is -1.58. The highest BCUT2D eigenvalue weighted by Gasteiger charge is 2.53. The molecule has 0 bridgehead atoms. The summed E-state index contributed by atoms with van der Waals surface area (Å²) in [6, 6.07) is 4.46. The molecule has 2 heterocycles. The summed E-state index contributed by atoms with van der Waals surface area (Å²) < 4.78 is 4.86. The number of benzene rings is 1. The smallest absolute Gasteiger partial charge is 0.342 e. The van der Waals surface area contributed by atoms with Crippen molar-refractivity contribution in [3.63, 3.8) is 0 Å². The first-order chi connectivity index (χ1) is 10.4. The van der Waals surface area contributed by atoms with Gasteiger partial charge in [-0.3, -0.25) is 20.2 Å². The number of urea groups is 1. The molecule has 0 radical (unpaired) electrons. The van der Waals surface area contributed by atoms with Crippen LogP contribution in [0.4, 0.5) is 4.79 Å². The molecule has 0 atom stereocenters. The maximum atomic E-state index is 12.4. The molecule has 4 amide bonds. The van der Waals surface area contributed by atoms with Gasteiger partial charge in [0.05, 0.1) is 5.56 Å². The molecule has 9 nitrogen and oxygen atoms in total. The monoisotopic (exact) mass is 303 g/mol. The Morgan fingerprint density at radius 1 is 1.05 bits per heavy atom. The van der Waals surface area contributed by atoms with Gasteiger partial charge in [-0.1, -0.05) is 23.9 Å². The second kappa shape index (κ2) is 4.40. The van der Waals surface area contributed by atoms with Gasteiger partial charge in [0.15, 0.2) is 0 Å². The number of rotatable bonds is 1. The van der Waals surface area contributed by atoms with Gasteiger partial charge in [-0.15, -0.1) is 0 Å². The molecular weight excluding hydrogens is 296 g/mol. The molecule has 2 aromatic rings. The number of para-hydroxylation sites is 1. The van der Waals surface area contributed by atoms with Crippen molar-refractivity contribution < 1.29 is 29.0 Å². The molecule has 1 aromatic heterocycles. The van der Waals surface area contributed by atoms with E-state index in [0.29, 0.717) is 0 Å². The number of fused-ring (bicyclic) bond motifs is 1. The number of imide groups is 2. The Labute approximate surface area is 121 Å². The van der Waals surface area contributed by atoms with E-state index in [0.717, 1.165) is 0 Å². The van der Waals surface area contributed by atoms with Crippen LogP contribution in [0.2, 0.25) is 0 Å². The lowest BCUT2D eigenvalue weighted by Crippen LogP contribution is -2.65. The van der Waals surface area contributed by atoms with Crippen molar-refractivity contribution in [1.82, 2.24) is 10.6 Å². The lowest BCUT2D eigenvalue weighted by Gasteiger charge is -2.31. The lowest BCUT2D eigenvalue weighted by molar-refractivity contribution is -0.269. The number of aliphatic hydroxyl groups is 1. The molecule has 9 heteroatoms. The number of carbonyl (C=O) groups is 3. The van der Waals surface area contributed by atoms with Crippen molar-refractivity contribution in [2.24, 2.45) is 0 Å². The van der Waals surface area contributed by atoms with Crippen LogP contribution in [0.5, 0.6) is 5.75 Å². The zero-order valence-electron chi connectivity index (χ0n) is 10.7. The first-order valence-electron chi connectivity index (χ1n) is 5.98. The minimum Gasteiger partial charge on any atom is -0.872 e. The average molecular weight is 303 g/mol. The Kier molecular flexibility index (Phi) is 2.75. The van der Waals surface area contributed by atoms with Gasteiger partial charge in [0, 0.05) is 5.39 Å². The first-order valence-corrected chi connectivity index (χ1v) is 5.98. The molecular formula is C13H7N2O7-. The molecule has 0 spiro atoms. The zero-order chi connectivity index (χ0) is 16.1. The summed E-state index contributed by atoms with van der Waals surface area (Å²) in [7, 11) is 0. The van der Waals surface area contributed by atoms with Crippen LogP contribution in [0.25, 0.3) is 11.0 Å². The van der Waals surface area contributed by atoms with Crippen molar-refractivity contribution in [3.05, 3.63) is 40.2 Å². The van der Waals surface area contributed by atoms with E-state index in [1.165, 1.54) is 24.3 Å². The first kappa shape index (κ1) is 13.8. The lowest BCUT2D eigenvalue weighted by atomic mass is 9.90. The Morgan fingerprint density at radius 3 is 2.27 bits per heavy atom. The highest BCUT2D eigenvalue weighted by Crippen LogP contribution is 2.32. The summed E-state index contributed by atoms with van der Waals surface area (Å²) in [4.78, 5) is 46.6. The third kappa shape index (κ3) is 1.69. The minimum atomic E-state index is -3.14. The quantitative estimate of drug-likeness (QED) is 0.425. The summed E-state index contributed by atoms with van der Waals surface area (Å²) in [5.41, 5.74) is -5.62. The second-order valence-electron chi connectivity index (χ2n) is 4.54. The molecule has 0 unspecified atom stereocenters. The number of carbonyl (C=O) groups excluding carboxylic acids is 3. The summed E-state index contributed by atoms with van der Waals surface area (Å²) in [5, 5.41) is 25.8. The molecule has 0 saturated carbocycles. The Bertz CT molecular complexity index is 879. The van der Waals surface area contributed by atoms with Crippen molar-refractivity contribution in [1.29, 1.82) is 0 Å². The number of nitrogens with one attached hydrogen (secondary N) is 2. The van der Waals surface area contributed by atoms with E-state index in [2.05, 4.69) is 0 Å². The maximum Gasteiger partial charge on any atom is 0.342 e. The Hall–Kier alpha value is -3.20. The van der Waals surface area contributed by atoms with Crippen LogP contribution < -0.4 is 21.4 Å². The van der Waals surface area contributed by atoms with Gasteiger partial charge < -0.3 is 14.6 Å². The normalized spacial score (nSPS) is 17.2. The van der Waals surface area contributed by atoms with Crippen LogP contribution in [0, 0.1) is 0 Å². The molecule has 22 heavy (non-hydrogen) atoms. The van der Waals surface area contributed by atoms with Crippen molar-refractivity contribution in [3.8, 4) is 5.75 Å². The Balaban J connectivity index is 2.34. The molecule has 3 N–H and O–H groups in total. The Morgan fingerprint density at radius 2 is 1.64 bits per heavy atom. The van der Waals surface area contributed by atoms with Crippen LogP contribution in [0.1, 0.15) is 5.56 Å². The van der Waals surface area contributed by atoms with Gasteiger partial charge in [-0.2, -0.15) is 0 Å². The number of amides is 4. The van der Waals surface area contributed by atoms with Crippen LogP contribution in [0.15, 0.2) is 33.5 Å². The number of hydrogen-bond acceptors (Lipinski definition) is 7. The highest BCUT2D eigenvalue weighted by molar-refractivity contribution is 6.22. The second-order valence-corrected chi connectivity index (χ2v) is 4.54. The van der Waals surface area contributed by atoms with E-state index >= 15 is 0 Å². The van der Waals surface area contributed by atoms with Gasteiger partial charge in [0.2, 0.25) is 0 Å². The van der Waals surface area contributed by atoms with Crippen LogP contribution in [-0.2, 0) is 15.2 Å². The molecule has 0 aliphatic carbocycles. The molecule has 3 rings (SSSR count). The topological polar surface area (TPSA) is 149 Å². The highest BCUT2D eigenvalue weighted by atomic mass is 16.4. The van der Waals surface area contributed by atoms with Gasteiger partial charge in [0.25, 0.3) is 17.4 Å². The molecule has 112 valence electrons. The van der Waals surface area contributed by atoms with Crippen molar-refractivity contribution >= 4 is 28.8 Å². The van der Waals surface area contributed by atoms with Gasteiger partial charge in [0.1, 0.15) is 5.58 Å². The van der Waals surface area contributed by atoms with E-state index in [-0.39, 0.29) is 11.0 Å². The van der Waals surface area contributed by atoms with E-state index in [1.807, 2.05) is 0 Å². The van der Waals surface area contributed by atoms with Crippen LogP contribution in [0.3, 0.4) is 0 Å².